The van der Waals surface area contributed by atoms with E-state index in [9.17, 15) is 9.59 Å². The molecular formula is C15H30N4O2. The highest BCUT2D eigenvalue weighted by atomic mass is 16.2. The smallest absolute Gasteiger partial charge is 0.234 e. The van der Waals surface area contributed by atoms with Gasteiger partial charge in [0.05, 0.1) is 6.54 Å². The minimum absolute atomic E-state index is 0.0774. The standard InChI is InChI=1S/C15H30N4O2/c1-3-7-17-14(20)12-18-8-10-19(11-9-18)15(21)6-4-5-13(2)16/h13H,3-12,16H2,1-2H3,(H,17,20). The molecular weight excluding hydrogens is 268 g/mol. The number of piperazine rings is 1. The van der Waals surface area contributed by atoms with Crippen molar-refractivity contribution in [1.82, 2.24) is 15.1 Å². The van der Waals surface area contributed by atoms with E-state index in [0.29, 0.717) is 13.0 Å². The Labute approximate surface area is 128 Å². The Morgan fingerprint density at radius 3 is 2.48 bits per heavy atom. The van der Waals surface area contributed by atoms with Crippen LogP contribution >= 0.6 is 0 Å². The molecule has 1 aliphatic heterocycles. The van der Waals surface area contributed by atoms with E-state index in [1.807, 2.05) is 18.7 Å². The van der Waals surface area contributed by atoms with Crippen molar-refractivity contribution in [3.8, 4) is 0 Å². The monoisotopic (exact) mass is 298 g/mol. The van der Waals surface area contributed by atoms with Crippen molar-refractivity contribution in [2.45, 2.75) is 45.6 Å². The zero-order valence-electron chi connectivity index (χ0n) is 13.4. The first kappa shape index (κ1) is 17.9. The van der Waals surface area contributed by atoms with Gasteiger partial charge in [0.25, 0.3) is 0 Å². The van der Waals surface area contributed by atoms with Crippen LogP contribution in [-0.2, 0) is 9.59 Å². The molecule has 0 aromatic heterocycles. The summed E-state index contributed by atoms with van der Waals surface area (Å²) in [7, 11) is 0. The minimum atomic E-state index is 0.0774. The summed E-state index contributed by atoms with van der Waals surface area (Å²) in [6, 6.07) is 0.163. The number of nitrogens with two attached hydrogens (primary N) is 1. The largest absolute Gasteiger partial charge is 0.355 e. The van der Waals surface area contributed by atoms with Gasteiger partial charge < -0.3 is 16.0 Å². The molecule has 0 saturated carbocycles. The number of nitrogens with one attached hydrogen (secondary N) is 1. The van der Waals surface area contributed by atoms with E-state index in [4.69, 9.17) is 5.73 Å². The van der Waals surface area contributed by atoms with E-state index >= 15 is 0 Å². The molecule has 1 atom stereocenters. The maximum Gasteiger partial charge on any atom is 0.234 e. The van der Waals surface area contributed by atoms with Gasteiger partial charge in [-0.3, -0.25) is 14.5 Å². The van der Waals surface area contributed by atoms with Crippen molar-refractivity contribution in [1.29, 1.82) is 0 Å². The van der Waals surface area contributed by atoms with E-state index in [0.717, 1.165) is 52.0 Å². The minimum Gasteiger partial charge on any atom is -0.355 e. The van der Waals surface area contributed by atoms with Crippen molar-refractivity contribution in [2.24, 2.45) is 5.73 Å². The van der Waals surface area contributed by atoms with Crippen LogP contribution in [0.3, 0.4) is 0 Å². The molecule has 1 fully saturated rings. The summed E-state index contributed by atoms with van der Waals surface area (Å²) in [6.07, 6.45) is 3.29. The lowest BCUT2D eigenvalue weighted by atomic mass is 10.1. The van der Waals surface area contributed by atoms with Crippen LogP contribution in [0.25, 0.3) is 0 Å². The van der Waals surface area contributed by atoms with Gasteiger partial charge in [0, 0.05) is 45.2 Å². The fourth-order valence-corrected chi connectivity index (χ4v) is 2.41. The molecule has 1 aliphatic rings. The highest BCUT2D eigenvalue weighted by Crippen LogP contribution is 2.07. The fraction of sp³-hybridized carbons (Fsp3) is 0.867. The van der Waals surface area contributed by atoms with Gasteiger partial charge in [0.1, 0.15) is 0 Å². The molecule has 1 rings (SSSR count). The maximum atomic E-state index is 12.0. The van der Waals surface area contributed by atoms with Crippen molar-refractivity contribution in [2.75, 3.05) is 39.3 Å². The van der Waals surface area contributed by atoms with Gasteiger partial charge in [0.15, 0.2) is 0 Å². The molecule has 0 aromatic rings. The number of rotatable bonds is 8. The number of nitrogens with zero attached hydrogens (tertiary/aromatic N) is 2. The molecule has 0 aliphatic carbocycles. The number of amides is 2. The van der Waals surface area contributed by atoms with Crippen LogP contribution in [-0.4, -0.2) is 66.9 Å². The Morgan fingerprint density at radius 1 is 1.24 bits per heavy atom. The molecule has 6 nitrogen and oxygen atoms in total. The lowest BCUT2D eigenvalue weighted by Gasteiger charge is -2.34. The van der Waals surface area contributed by atoms with Gasteiger partial charge >= 0.3 is 0 Å². The molecule has 0 spiro atoms. The molecule has 1 saturated heterocycles. The molecule has 0 radical (unpaired) electrons. The SMILES string of the molecule is CCCNC(=O)CN1CCN(C(=O)CCCC(C)N)CC1. The van der Waals surface area contributed by atoms with E-state index in [2.05, 4.69) is 10.2 Å². The quantitative estimate of drug-likeness (QED) is 0.670. The highest BCUT2D eigenvalue weighted by Gasteiger charge is 2.21. The van der Waals surface area contributed by atoms with E-state index in [1.165, 1.54) is 0 Å². The van der Waals surface area contributed by atoms with Crippen LogP contribution in [0.1, 0.15) is 39.5 Å². The Morgan fingerprint density at radius 2 is 1.90 bits per heavy atom. The van der Waals surface area contributed by atoms with Gasteiger partial charge in [0.2, 0.25) is 11.8 Å². The molecule has 122 valence electrons. The van der Waals surface area contributed by atoms with Crippen molar-refractivity contribution < 1.29 is 9.59 Å². The average Bonchev–Trinajstić information content (AvgIpc) is 2.45. The van der Waals surface area contributed by atoms with Crippen molar-refractivity contribution in [3.05, 3.63) is 0 Å². The molecule has 3 N–H and O–H groups in total. The lowest BCUT2D eigenvalue weighted by Crippen LogP contribution is -2.51. The van der Waals surface area contributed by atoms with Crippen LogP contribution in [0, 0.1) is 0 Å². The molecule has 21 heavy (non-hydrogen) atoms. The van der Waals surface area contributed by atoms with Gasteiger partial charge in [-0.1, -0.05) is 6.92 Å². The summed E-state index contributed by atoms with van der Waals surface area (Å²) in [5, 5.41) is 2.88. The predicted molar refractivity (Wildman–Crippen MR) is 83.8 cm³/mol. The van der Waals surface area contributed by atoms with E-state index in [-0.39, 0.29) is 17.9 Å². The van der Waals surface area contributed by atoms with Crippen LogP contribution < -0.4 is 11.1 Å². The summed E-state index contributed by atoms with van der Waals surface area (Å²) >= 11 is 0. The summed E-state index contributed by atoms with van der Waals surface area (Å²) in [5.74, 6) is 0.291. The predicted octanol–water partition coefficient (Wildman–Crippen LogP) is 0.174. The first-order valence-corrected chi connectivity index (χ1v) is 8.05. The van der Waals surface area contributed by atoms with Crippen molar-refractivity contribution in [3.63, 3.8) is 0 Å². The van der Waals surface area contributed by atoms with Crippen LogP contribution in [0.5, 0.6) is 0 Å². The molecule has 0 aromatic carbocycles. The van der Waals surface area contributed by atoms with Crippen LogP contribution in [0.2, 0.25) is 0 Å². The molecule has 1 unspecified atom stereocenters. The average molecular weight is 298 g/mol. The Bertz CT molecular complexity index is 326. The molecule has 1 heterocycles. The first-order chi connectivity index (χ1) is 10.0. The third-order valence-electron chi connectivity index (χ3n) is 3.71. The van der Waals surface area contributed by atoms with Gasteiger partial charge in [-0.15, -0.1) is 0 Å². The summed E-state index contributed by atoms with van der Waals surface area (Å²) in [4.78, 5) is 27.7. The third kappa shape index (κ3) is 7.43. The third-order valence-corrected chi connectivity index (χ3v) is 3.71. The first-order valence-electron chi connectivity index (χ1n) is 8.05. The molecule has 0 bridgehead atoms. The second kappa shape index (κ2) is 9.73. The zero-order chi connectivity index (χ0) is 15.7. The topological polar surface area (TPSA) is 78.7 Å². The molecule has 6 heteroatoms. The zero-order valence-corrected chi connectivity index (χ0v) is 13.4. The maximum absolute atomic E-state index is 12.0. The highest BCUT2D eigenvalue weighted by molar-refractivity contribution is 5.78. The second-order valence-electron chi connectivity index (χ2n) is 5.88. The van der Waals surface area contributed by atoms with Crippen LogP contribution in [0.4, 0.5) is 0 Å². The van der Waals surface area contributed by atoms with Gasteiger partial charge in [-0.2, -0.15) is 0 Å². The number of hydrogen-bond donors (Lipinski definition) is 2. The number of carbonyl (C=O) groups excluding carboxylic acids is 2. The second-order valence-corrected chi connectivity index (χ2v) is 5.88. The van der Waals surface area contributed by atoms with Crippen molar-refractivity contribution >= 4 is 11.8 Å². The Kier molecular flexibility index (Phi) is 8.30. The Balaban J connectivity index is 2.19. The summed E-state index contributed by atoms with van der Waals surface area (Å²) in [6.45, 7) is 8.17. The molecule has 2 amide bonds. The van der Waals surface area contributed by atoms with Crippen LogP contribution in [0.15, 0.2) is 0 Å². The number of carbonyl (C=O) groups is 2. The van der Waals surface area contributed by atoms with E-state index < -0.39 is 0 Å². The normalized spacial score (nSPS) is 17.6. The number of hydrogen-bond acceptors (Lipinski definition) is 4. The van der Waals surface area contributed by atoms with E-state index in [1.54, 1.807) is 0 Å². The summed E-state index contributed by atoms with van der Waals surface area (Å²) in [5.41, 5.74) is 5.69. The van der Waals surface area contributed by atoms with Gasteiger partial charge in [-0.05, 0) is 26.2 Å². The fourth-order valence-electron chi connectivity index (χ4n) is 2.41. The lowest BCUT2D eigenvalue weighted by molar-refractivity contribution is -0.133. The summed E-state index contributed by atoms with van der Waals surface area (Å²) < 4.78 is 0. The Hall–Kier alpha value is -1.14. The van der Waals surface area contributed by atoms with Gasteiger partial charge in [-0.25, -0.2) is 0 Å².